The molecule has 0 aliphatic carbocycles. The molecule has 5 heteroatoms. The molecule has 0 saturated heterocycles. The van der Waals surface area contributed by atoms with Gasteiger partial charge in [0.2, 0.25) is 0 Å². The first-order valence-corrected chi connectivity index (χ1v) is 15.7. The predicted molar refractivity (Wildman–Crippen MR) is 160 cm³/mol. The molecule has 0 radical (unpaired) electrons. The molecule has 0 fully saturated rings. The molecule has 3 rings (SSSR count). The smallest absolute Gasteiger partial charge is 0.353 e. The van der Waals surface area contributed by atoms with Gasteiger partial charge in [-0.25, -0.2) is 14.8 Å². The topological polar surface area (TPSA) is 52.1 Å². The number of hydrogen-bond donors (Lipinski definition) is 0. The first kappa shape index (κ1) is 30.0. The number of carbonyl (C=O) groups excluding carboxylic acids is 1. The van der Waals surface area contributed by atoms with E-state index >= 15 is 0 Å². The molecule has 0 N–H and O–H groups in total. The summed E-state index contributed by atoms with van der Waals surface area (Å²) >= 11 is 1.53. The summed E-state index contributed by atoms with van der Waals surface area (Å²) in [5.41, 5.74) is 2.16. The number of thiophene rings is 1. The molecule has 206 valence electrons. The van der Waals surface area contributed by atoms with Crippen molar-refractivity contribution in [3.05, 3.63) is 64.1 Å². The minimum Gasteiger partial charge on any atom is -0.422 e. The van der Waals surface area contributed by atoms with Crippen molar-refractivity contribution in [2.75, 3.05) is 0 Å². The Balaban J connectivity index is 1.60. The third-order valence-electron chi connectivity index (χ3n) is 6.99. The van der Waals surface area contributed by atoms with Crippen molar-refractivity contribution in [2.45, 2.75) is 117 Å². The van der Waals surface area contributed by atoms with Gasteiger partial charge in [0.1, 0.15) is 10.6 Å². The summed E-state index contributed by atoms with van der Waals surface area (Å²) in [6.07, 6.45) is 23.9. The van der Waals surface area contributed by atoms with E-state index in [2.05, 4.69) is 13.8 Å². The molecule has 0 spiro atoms. The number of rotatable bonds is 19. The van der Waals surface area contributed by atoms with Crippen LogP contribution in [-0.4, -0.2) is 15.9 Å². The molecule has 4 nitrogen and oxygen atoms in total. The van der Waals surface area contributed by atoms with Crippen molar-refractivity contribution in [1.29, 1.82) is 0 Å². The van der Waals surface area contributed by atoms with E-state index in [-0.39, 0.29) is 5.97 Å². The summed E-state index contributed by atoms with van der Waals surface area (Å²) in [7, 11) is 0. The van der Waals surface area contributed by atoms with Crippen LogP contribution in [0.5, 0.6) is 5.75 Å². The number of benzene rings is 1. The van der Waals surface area contributed by atoms with Crippen LogP contribution in [0.4, 0.5) is 0 Å². The summed E-state index contributed by atoms with van der Waals surface area (Å²) in [4.78, 5) is 24.1. The fourth-order valence-corrected chi connectivity index (χ4v) is 5.78. The normalized spacial score (nSPS) is 11.1. The standard InChI is InChI=1S/C33H46N2O2S/c1-3-5-7-9-10-11-12-13-14-19-23-30-29(32-34-25-27(26-35-32)20-16-8-6-4-2)24-31(38-30)33(36)37-28-21-17-15-18-22-28/h15,17-18,21-22,24-26H,3-14,16,19-20,23H2,1-2H3. The minimum atomic E-state index is -0.315. The molecule has 0 atom stereocenters. The zero-order valence-corrected chi connectivity index (χ0v) is 24.4. The molecule has 0 amide bonds. The Hall–Kier alpha value is -2.53. The molecular weight excluding hydrogens is 488 g/mol. The summed E-state index contributed by atoms with van der Waals surface area (Å²) in [6, 6.07) is 11.2. The number of para-hydroxylation sites is 1. The van der Waals surface area contributed by atoms with Gasteiger partial charge in [-0.1, -0.05) is 109 Å². The number of unbranched alkanes of at least 4 members (excludes halogenated alkanes) is 12. The molecule has 2 aromatic heterocycles. The lowest BCUT2D eigenvalue weighted by Crippen LogP contribution is -2.06. The lowest BCUT2D eigenvalue weighted by atomic mass is 10.0. The van der Waals surface area contributed by atoms with Gasteiger partial charge in [-0.2, -0.15) is 0 Å². The highest BCUT2D eigenvalue weighted by Crippen LogP contribution is 2.32. The first-order valence-electron chi connectivity index (χ1n) is 14.9. The number of hydrogen-bond acceptors (Lipinski definition) is 5. The Labute approximate surface area is 234 Å². The summed E-state index contributed by atoms with van der Waals surface area (Å²) in [5.74, 6) is 0.955. The van der Waals surface area contributed by atoms with Crippen LogP contribution in [-0.2, 0) is 12.8 Å². The van der Waals surface area contributed by atoms with Crippen LogP contribution in [0.3, 0.4) is 0 Å². The van der Waals surface area contributed by atoms with Crippen LogP contribution in [0.2, 0.25) is 0 Å². The fraction of sp³-hybridized carbons (Fsp3) is 0.545. The molecule has 3 aromatic rings. The second-order valence-corrected chi connectivity index (χ2v) is 11.4. The Morgan fingerprint density at radius 2 is 1.29 bits per heavy atom. The monoisotopic (exact) mass is 534 g/mol. The van der Waals surface area contributed by atoms with Crippen LogP contribution in [0.15, 0.2) is 48.8 Å². The number of carbonyl (C=O) groups is 1. The fourth-order valence-electron chi connectivity index (χ4n) is 4.70. The van der Waals surface area contributed by atoms with Gasteiger partial charge in [0, 0.05) is 22.8 Å². The van der Waals surface area contributed by atoms with Gasteiger partial charge in [-0.05, 0) is 49.4 Å². The van der Waals surface area contributed by atoms with Gasteiger partial charge >= 0.3 is 5.97 Å². The maximum absolute atomic E-state index is 12.9. The molecule has 0 aliphatic rings. The van der Waals surface area contributed by atoms with E-state index in [9.17, 15) is 4.79 Å². The molecule has 0 aliphatic heterocycles. The predicted octanol–water partition coefficient (Wildman–Crippen LogP) is 10.0. The van der Waals surface area contributed by atoms with Crippen LogP contribution < -0.4 is 4.74 Å². The van der Waals surface area contributed by atoms with Crippen LogP contribution in [0.1, 0.15) is 124 Å². The van der Waals surface area contributed by atoms with Gasteiger partial charge in [-0.15, -0.1) is 11.3 Å². The number of nitrogens with zero attached hydrogens (tertiary/aromatic N) is 2. The van der Waals surface area contributed by atoms with E-state index in [1.807, 2.05) is 36.7 Å². The zero-order chi connectivity index (χ0) is 26.8. The molecule has 1 aromatic carbocycles. The van der Waals surface area contributed by atoms with Crippen molar-refractivity contribution in [3.8, 4) is 17.1 Å². The van der Waals surface area contributed by atoms with E-state index in [4.69, 9.17) is 14.7 Å². The Bertz CT molecular complexity index is 1050. The van der Waals surface area contributed by atoms with Gasteiger partial charge < -0.3 is 4.74 Å². The Kier molecular flexibility index (Phi) is 14.1. The highest BCUT2D eigenvalue weighted by molar-refractivity contribution is 7.14. The highest BCUT2D eigenvalue weighted by Gasteiger charge is 2.19. The van der Waals surface area contributed by atoms with E-state index in [1.54, 1.807) is 12.1 Å². The van der Waals surface area contributed by atoms with Crippen LogP contribution in [0, 0.1) is 0 Å². The molecule has 0 saturated carbocycles. The number of aromatic nitrogens is 2. The quantitative estimate of drug-likeness (QED) is 0.0872. The summed E-state index contributed by atoms with van der Waals surface area (Å²) < 4.78 is 5.62. The summed E-state index contributed by atoms with van der Waals surface area (Å²) in [6.45, 7) is 4.50. The average molecular weight is 535 g/mol. The molecule has 2 heterocycles. The maximum atomic E-state index is 12.9. The van der Waals surface area contributed by atoms with Gasteiger partial charge in [0.05, 0.1) is 0 Å². The zero-order valence-electron chi connectivity index (χ0n) is 23.6. The van der Waals surface area contributed by atoms with E-state index in [0.29, 0.717) is 16.5 Å². The lowest BCUT2D eigenvalue weighted by molar-refractivity contribution is 0.0740. The largest absolute Gasteiger partial charge is 0.422 e. The van der Waals surface area contributed by atoms with Gasteiger partial charge in [-0.3, -0.25) is 0 Å². The van der Waals surface area contributed by atoms with E-state index < -0.39 is 0 Å². The second kappa shape index (κ2) is 17.9. The lowest BCUT2D eigenvalue weighted by Gasteiger charge is -2.05. The minimum absolute atomic E-state index is 0.315. The van der Waals surface area contributed by atoms with Crippen molar-refractivity contribution < 1.29 is 9.53 Å². The van der Waals surface area contributed by atoms with Crippen LogP contribution >= 0.6 is 11.3 Å². The van der Waals surface area contributed by atoms with Gasteiger partial charge in [0.15, 0.2) is 5.82 Å². The number of aryl methyl sites for hydroxylation is 2. The third-order valence-corrected chi connectivity index (χ3v) is 8.16. The molecule has 0 bridgehead atoms. The van der Waals surface area contributed by atoms with Crippen molar-refractivity contribution in [2.24, 2.45) is 0 Å². The van der Waals surface area contributed by atoms with Crippen LogP contribution in [0.25, 0.3) is 11.4 Å². The SMILES string of the molecule is CCCCCCCCCCCCc1sc(C(=O)Oc2ccccc2)cc1-c1ncc(CCCCCC)cn1. The third kappa shape index (κ3) is 10.7. The first-order chi connectivity index (χ1) is 18.7. The van der Waals surface area contributed by atoms with E-state index in [1.165, 1.54) is 105 Å². The second-order valence-electron chi connectivity index (χ2n) is 10.3. The van der Waals surface area contributed by atoms with Crippen molar-refractivity contribution >= 4 is 17.3 Å². The van der Waals surface area contributed by atoms with Crippen molar-refractivity contribution in [3.63, 3.8) is 0 Å². The Morgan fingerprint density at radius 3 is 1.92 bits per heavy atom. The maximum Gasteiger partial charge on any atom is 0.353 e. The number of esters is 1. The highest BCUT2D eigenvalue weighted by atomic mass is 32.1. The van der Waals surface area contributed by atoms with Gasteiger partial charge in [0.25, 0.3) is 0 Å². The van der Waals surface area contributed by atoms with E-state index in [0.717, 1.165) is 24.8 Å². The molecular formula is C33H46N2O2S. The molecule has 38 heavy (non-hydrogen) atoms. The van der Waals surface area contributed by atoms with Crippen molar-refractivity contribution in [1.82, 2.24) is 9.97 Å². The number of ether oxygens (including phenoxy) is 1. The Morgan fingerprint density at radius 1 is 0.737 bits per heavy atom. The molecule has 0 unspecified atom stereocenters. The summed E-state index contributed by atoms with van der Waals surface area (Å²) in [5, 5.41) is 0. The average Bonchev–Trinajstić information content (AvgIpc) is 3.37.